The number of benzene rings is 2. The minimum absolute atomic E-state index is 0.0558. The number of carbonyl (C=O) groups is 2. The number of amides is 2. The summed E-state index contributed by atoms with van der Waals surface area (Å²) in [5.74, 6) is 0.412. The van der Waals surface area contributed by atoms with Crippen LogP contribution in [0.5, 0.6) is 5.75 Å². The third-order valence-electron chi connectivity index (χ3n) is 12.9. The number of aryl methyl sites for hydroxylation is 3. The normalized spacial score (nSPS) is 17.9. The highest BCUT2D eigenvalue weighted by molar-refractivity contribution is 7.19. The first-order valence-corrected chi connectivity index (χ1v) is 23.6. The van der Waals surface area contributed by atoms with E-state index in [9.17, 15) is 19.8 Å². The molecule has 2 saturated heterocycles. The predicted octanol–water partition coefficient (Wildman–Crippen LogP) is 9.13. The molecule has 2 aromatic carbocycles. The fraction of sp³-hybridized carbons (Fsp3) is 0.367. The Morgan fingerprint density at radius 2 is 1.69 bits per heavy atom. The average molecular weight is 897 g/mol. The van der Waals surface area contributed by atoms with Crippen LogP contribution in [-0.2, 0) is 9.59 Å². The highest BCUT2D eigenvalue weighted by Gasteiger charge is 2.43. The van der Waals surface area contributed by atoms with Crippen molar-refractivity contribution in [3.8, 4) is 38.7 Å². The van der Waals surface area contributed by atoms with E-state index in [1.807, 2.05) is 94.9 Å². The molecule has 7 heterocycles. The van der Waals surface area contributed by atoms with Gasteiger partial charge in [-0.15, -0.1) is 32.9 Å². The molecule has 2 fully saturated rings. The van der Waals surface area contributed by atoms with Gasteiger partial charge in [-0.25, -0.2) is 9.97 Å². The molecular weight excluding hydrogens is 845 g/mol. The van der Waals surface area contributed by atoms with Crippen molar-refractivity contribution in [2.24, 2.45) is 5.92 Å². The number of β-amino-alcohol motifs (C(OH)–C–C–N with tert-alkyl or cyclic N) is 1. The lowest BCUT2D eigenvalue weighted by Crippen LogP contribution is -2.48. The highest BCUT2D eigenvalue weighted by atomic mass is 32.1. The van der Waals surface area contributed by atoms with E-state index in [1.54, 1.807) is 34.8 Å². The number of aliphatic hydroxyl groups is 1. The Balaban J connectivity index is 0.847. The summed E-state index contributed by atoms with van der Waals surface area (Å²) in [6, 6.07) is 20.1. The van der Waals surface area contributed by atoms with Crippen molar-refractivity contribution >= 4 is 50.5 Å². The molecule has 330 valence electrons. The molecule has 9 rings (SSSR count). The number of carbonyl (C=O) groups excluding carboxylic acids is 2. The molecule has 13 nitrogen and oxygen atoms in total. The second-order valence-electron chi connectivity index (χ2n) is 17.5. The quantitative estimate of drug-likeness (QED) is 0.113. The number of likely N-dealkylation sites (tertiary alicyclic amines) is 1. The SMILES string of the molecule is Cc1cc(N2CCC(c3sc4nnc(-c5ccccc5O)cc4c3C)CC2)ncc1-c1cc([C@H](C(=O)N2C[C@H](O)C[C@H]2C(=O)N[C@@H](C)c2ccc(-c3scnc3C)cc2)C(C)C)on1. The minimum Gasteiger partial charge on any atom is -0.507 e. The van der Waals surface area contributed by atoms with Gasteiger partial charge in [0, 0.05) is 59.7 Å². The van der Waals surface area contributed by atoms with Crippen LogP contribution < -0.4 is 10.2 Å². The predicted molar refractivity (Wildman–Crippen MR) is 250 cm³/mol. The van der Waals surface area contributed by atoms with Crippen molar-refractivity contribution in [1.82, 2.24) is 35.5 Å². The van der Waals surface area contributed by atoms with Crippen molar-refractivity contribution in [2.75, 3.05) is 24.5 Å². The number of nitrogens with one attached hydrogen (secondary N) is 1. The summed E-state index contributed by atoms with van der Waals surface area (Å²) in [4.78, 5) is 44.6. The van der Waals surface area contributed by atoms with Crippen LogP contribution >= 0.6 is 22.7 Å². The van der Waals surface area contributed by atoms with Gasteiger partial charge in [0.05, 0.1) is 33.9 Å². The molecule has 0 aliphatic carbocycles. The lowest BCUT2D eigenvalue weighted by molar-refractivity contribution is -0.141. The van der Waals surface area contributed by atoms with Crippen molar-refractivity contribution in [1.29, 1.82) is 0 Å². The number of aromatic hydroxyl groups is 1. The van der Waals surface area contributed by atoms with Crippen LogP contribution in [0.25, 0.3) is 43.2 Å². The van der Waals surface area contributed by atoms with E-state index in [4.69, 9.17) is 9.51 Å². The summed E-state index contributed by atoms with van der Waals surface area (Å²) < 4.78 is 5.91. The van der Waals surface area contributed by atoms with E-state index in [1.165, 1.54) is 15.3 Å². The first-order chi connectivity index (χ1) is 30.8. The van der Waals surface area contributed by atoms with Crippen LogP contribution in [0, 0.1) is 26.7 Å². The Morgan fingerprint density at radius 1 is 0.922 bits per heavy atom. The van der Waals surface area contributed by atoms with Gasteiger partial charge in [0.15, 0.2) is 0 Å². The van der Waals surface area contributed by atoms with E-state index in [0.29, 0.717) is 28.6 Å². The number of fused-ring (bicyclic) bond motifs is 1. The lowest BCUT2D eigenvalue weighted by Gasteiger charge is -2.33. The molecule has 0 radical (unpaired) electrons. The molecule has 64 heavy (non-hydrogen) atoms. The Kier molecular flexibility index (Phi) is 12.1. The van der Waals surface area contributed by atoms with Gasteiger partial charge < -0.3 is 29.9 Å². The van der Waals surface area contributed by atoms with Crippen LogP contribution in [-0.4, -0.2) is 84.0 Å². The first-order valence-electron chi connectivity index (χ1n) is 21.9. The van der Waals surface area contributed by atoms with E-state index in [2.05, 4.69) is 43.5 Å². The number of hydrogen-bond acceptors (Lipinski definition) is 13. The van der Waals surface area contributed by atoms with Crippen LogP contribution in [0.3, 0.4) is 0 Å². The van der Waals surface area contributed by atoms with Gasteiger partial charge in [0.25, 0.3) is 0 Å². The first kappa shape index (κ1) is 43.2. The van der Waals surface area contributed by atoms with Crippen molar-refractivity contribution in [2.45, 2.75) is 90.8 Å². The molecule has 2 aliphatic rings. The van der Waals surface area contributed by atoms with Gasteiger partial charge in [-0.1, -0.05) is 55.4 Å². The van der Waals surface area contributed by atoms with Crippen LogP contribution in [0.2, 0.25) is 0 Å². The summed E-state index contributed by atoms with van der Waals surface area (Å²) in [5, 5.41) is 38.7. The Morgan fingerprint density at radius 3 is 2.39 bits per heavy atom. The number of aromatic nitrogens is 5. The fourth-order valence-corrected chi connectivity index (χ4v) is 11.4. The second kappa shape index (κ2) is 17.9. The van der Waals surface area contributed by atoms with Gasteiger partial charge in [0.2, 0.25) is 11.8 Å². The summed E-state index contributed by atoms with van der Waals surface area (Å²) >= 11 is 3.31. The number of pyridine rings is 1. The molecule has 5 aromatic heterocycles. The number of hydrogen-bond donors (Lipinski definition) is 3. The van der Waals surface area contributed by atoms with E-state index < -0.39 is 18.1 Å². The topological polar surface area (TPSA) is 171 Å². The smallest absolute Gasteiger partial charge is 0.243 e. The monoisotopic (exact) mass is 896 g/mol. The Labute approximate surface area is 380 Å². The molecule has 0 saturated carbocycles. The molecule has 2 aliphatic heterocycles. The molecule has 4 atom stereocenters. The molecule has 2 amide bonds. The maximum atomic E-state index is 14.4. The number of thiazole rings is 1. The number of thiophene rings is 1. The van der Waals surface area contributed by atoms with Gasteiger partial charge >= 0.3 is 0 Å². The van der Waals surface area contributed by atoms with Gasteiger partial charge in [-0.3, -0.25) is 9.59 Å². The maximum absolute atomic E-state index is 14.4. The molecule has 0 unspecified atom stereocenters. The molecule has 3 N–H and O–H groups in total. The van der Waals surface area contributed by atoms with E-state index in [0.717, 1.165) is 74.8 Å². The van der Waals surface area contributed by atoms with Gasteiger partial charge in [-0.2, -0.15) is 0 Å². The van der Waals surface area contributed by atoms with Gasteiger partial charge in [0.1, 0.15) is 39.8 Å². The van der Waals surface area contributed by atoms with E-state index in [-0.39, 0.29) is 42.5 Å². The largest absolute Gasteiger partial charge is 0.507 e. The summed E-state index contributed by atoms with van der Waals surface area (Å²) in [7, 11) is 0. The van der Waals surface area contributed by atoms with Crippen LogP contribution in [0.1, 0.15) is 90.9 Å². The average Bonchev–Trinajstić information content (AvgIpc) is 4.10. The van der Waals surface area contributed by atoms with Gasteiger partial charge in [-0.05, 0) is 98.9 Å². The van der Waals surface area contributed by atoms with Crippen LogP contribution in [0.4, 0.5) is 5.82 Å². The summed E-state index contributed by atoms with van der Waals surface area (Å²) in [5.41, 5.74) is 9.77. The van der Waals surface area contributed by atoms with Crippen molar-refractivity contribution in [3.63, 3.8) is 0 Å². The number of anilines is 1. The Hall–Kier alpha value is -6.03. The number of piperidine rings is 1. The molecule has 0 bridgehead atoms. The zero-order chi connectivity index (χ0) is 44.8. The highest BCUT2D eigenvalue weighted by Crippen LogP contribution is 2.42. The van der Waals surface area contributed by atoms with Crippen molar-refractivity contribution in [3.05, 3.63) is 111 Å². The van der Waals surface area contributed by atoms with E-state index >= 15 is 0 Å². The third kappa shape index (κ3) is 8.39. The minimum atomic E-state index is -0.829. The zero-order valence-corrected chi connectivity index (χ0v) is 38.4. The Bertz CT molecular complexity index is 2830. The fourth-order valence-electron chi connectivity index (χ4n) is 9.28. The number of phenols is 1. The standard InChI is InChI=1S/C49H52N8O5S2/c1-26(2)44(49(61)57-24-34(58)20-40(57)47(60)52-29(5)31-11-13-32(14-12-31)46-30(6)51-25-63-46)42-22-39(55-62-42)37-23-50-43(19-27(37)3)56-17-15-33(16-18-56)45-28(4)36-21-38(53-54-48(36)64-45)35-9-7-8-10-41(35)59/h7-14,19,21-23,25-26,29,33-34,40,44,58-59H,15-18,20,24H2,1-6H3,(H,52,60)/t29-,34+,40-,44+/m0/s1. The summed E-state index contributed by atoms with van der Waals surface area (Å²) in [6.45, 7) is 13.8. The lowest BCUT2D eigenvalue weighted by atomic mass is 9.90. The number of para-hydroxylation sites is 1. The third-order valence-corrected chi connectivity index (χ3v) is 15.2. The molecule has 7 aromatic rings. The summed E-state index contributed by atoms with van der Waals surface area (Å²) in [6.07, 6.45) is 3.11. The number of aliphatic hydroxyl groups excluding tert-OH is 1. The van der Waals surface area contributed by atoms with Crippen molar-refractivity contribution < 1.29 is 24.3 Å². The number of phenolic OH excluding ortho intramolecular Hbond substituents is 1. The second-order valence-corrected chi connectivity index (χ2v) is 19.4. The van der Waals surface area contributed by atoms with Crippen LogP contribution in [0.15, 0.2) is 83.0 Å². The molecule has 15 heteroatoms. The maximum Gasteiger partial charge on any atom is 0.243 e. The number of nitrogens with zero attached hydrogens (tertiary/aromatic N) is 7. The zero-order valence-electron chi connectivity index (χ0n) is 36.8. The number of rotatable bonds is 11. The molecular formula is C49H52N8O5S2. The molecule has 0 spiro atoms.